The molecule has 0 spiro atoms. The second-order valence-corrected chi connectivity index (χ2v) is 5.15. The monoisotopic (exact) mass is 299 g/mol. The van der Waals surface area contributed by atoms with Crippen molar-refractivity contribution in [1.82, 2.24) is 4.98 Å². The normalized spacial score (nSPS) is 12.3. The number of halogens is 1. The van der Waals surface area contributed by atoms with E-state index in [0.29, 0.717) is 16.3 Å². The van der Waals surface area contributed by atoms with Crippen molar-refractivity contribution in [3.63, 3.8) is 0 Å². The fourth-order valence-electron chi connectivity index (χ4n) is 2.43. The molecule has 0 amide bonds. The van der Waals surface area contributed by atoms with Gasteiger partial charge in [0, 0.05) is 27.7 Å². The molecule has 1 atom stereocenters. The smallest absolute Gasteiger partial charge is 0.126 e. The molecule has 0 saturated heterocycles. The van der Waals surface area contributed by atoms with E-state index in [0.717, 1.165) is 16.5 Å². The van der Waals surface area contributed by atoms with E-state index in [1.165, 1.54) is 0 Å². The third-order valence-corrected chi connectivity index (χ3v) is 3.68. The van der Waals surface area contributed by atoms with Gasteiger partial charge in [-0.2, -0.15) is 0 Å². The second-order valence-electron chi connectivity index (χ2n) is 4.71. The summed E-state index contributed by atoms with van der Waals surface area (Å²) in [6.07, 6.45) is 0.897. The molecule has 0 radical (unpaired) electrons. The quantitative estimate of drug-likeness (QED) is 0.795. The number of aromatic nitrogens is 1. The summed E-state index contributed by atoms with van der Waals surface area (Å²) in [5.74, 6) is 0.558. The van der Waals surface area contributed by atoms with Crippen LogP contribution >= 0.6 is 11.6 Å². The highest BCUT2D eigenvalue weighted by atomic mass is 35.5. The number of hydrogen-bond donors (Lipinski definition) is 1. The molecule has 106 valence electrons. The first-order valence-electron chi connectivity index (χ1n) is 6.56. The third kappa shape index (κ3) is 2.58. The Labute approximate surface area is 127 Å². The number of nitrogens with zero attached hydrogens (tertiary/aromatic N) is 1. The van der Waals surface area contributed by atoms with Gasteiger partial charge in [0.2, 0.25) is 0 Å². The second kappa shape index (κ2) is 5.72. The minimum Gasteiger partial charge on any atom is -0.496 e. The lowest BCUT2D eigenvalue weighted by molar-refractivity contribution is 0.216. The van der Waals surface area contributed by atoms with Crippen molar-refractivity contribution in [2.45, 2.75) is 6.10 Å². The molecule has 0 fully saturated rings. The molecule has 0 aliphatic rings. The van der Waals surface area contributed by atoms with Crippen molar-refractivity contribution in [2.75, 3.05) is 7.11 Å². The Bertz CT molecular complexity index is 783. The lowest BCUT2D eigenvalue weighted by atomic mass is 9.98. The highest BCUT2D eigenvalue weighted by Gasteiger charge is 2.18. The highest BCUT2D eigenvalue weighted by Crippen LogP contribution is 2.34. The van der Waals surface area contributed by atoms with Crippen molar-refractivity contribution in [2.24, 2.45) is 0 Å². The maximum absolute atomic E-state index is 10.7. The summed E-state index contributed by atoms with van der Waals surface area (Å²) < 4.78 is 5.32. The van der Waals surface area contributed by atoms with Crippen LogP contribution in [0.2, 0.25) is 5.02 Å². The Kier molecular flexibility index (Phi) is 3.78. The van der Waals surface area contributed by atoms with Crippen LogP contribution in [-0.4, -0.2) is 17.2 Å². The first-order valence-corrected chi connectivity index (χ1v) is 6.93. The summed E-state index contributed by atoms with van der Waals surface area (Å²) in [6.45, 7) is 0. The number of methoxy groups -OCH3 is 1. The SMILES string of the molecule is COc1cc(Cl)ccc1C(O)c1cccc2cccnc12. The maximum Gasteiger partial charge on any atom is 0.126 e. The van der Waals surface area contributed by atoms with Crippen molar-refractivity contribution in [3.8, 4) is 5.75 Å². The molecule has 3 rings (SSSR count). The average molecular weight is 300 g/mol. The van der Waals surface area contributed by atoms with E-state index >= 15 is 0 Å². The van der Waals surface area contributed by atoms with Crippen LogP contribution in [0.3, 0.4) is 0 Å². The summed E-state index contributed by atoms with van der Waals surface area (Å²) in [5, 5.41) is 12.3. The largest absolute Gasteiger partial charge is 0.496 e. The van der Waals surface area contributed by atoms with E-state index in [1.807, 2.05) is 30.3 Å². The zero-order valence-electron chi connectivity index (χ0n) is 11.5. The molecule has 0 aliphatic carbocycles. The third-order valence-electron chi connectivity index (χ3n) is 3.45. The molecular weight excluding hydrogens is 286 g/mol. The number of rotatable bonds is 3. The van der Waals surface area contributed by atoms with Gasteiger partial charge in [-0.05, 0) is 18.2 Å². The lowest BCUT2D eigenvalue weighted by Gasteiger charge is -2.16. The zero-order chi connectivity index (χ0) is 14.8. The van der Waals surface area contributed by atoms with Crippen LogP contribution in [-0.2, 0) is 0 Å². The predicted molar refractivity (Wildman–Crippen MR) is 83.8 cm³/mol. The number of aliphatic hydroxyl groups is 1. The minimum atomic E-state index is -0.823. The van der Waals surface area contributed by atoms with Crippen molar-refractivity contribution >= 4 is 22.5 Å². The standard InChI is InChI=1S/C17H14ClNO2/c1-21-15-10-12(18)7-8-13(15)17(20)14-6-2-4-11-5-3-9-19-16(11)14/h2-10,17,20H,1H3. The topological polar surface area (TPSA) is 42.4 Å². The summed E-state index contributed by atoms with van der Waals surface area (Å²) in [6, 6.07) is 14.8. The minimum absolute atomic E-state index is 0.558. The molecule has 0 aliphatic heterocycles. The van der Waals surface area contributed by atoms with Crippen LogP contribution < -0.4 is 4.74 Å². The number of ether oxygens (including phenoxy) is 1. The van der Waals surface area contributed by atoms with Crippen LogP contribution in [0.5, 0.6) is 5.75 Å². The lowest BCUT2D eigenvalue weighted by Crippen LogP contribution is -2.03. The maximum atomic E-state index is 10.7. The Balaban J connectivity index is 2.15. The van der Waals surface area contributed by atoms with E-state index in [1.54, 1.807) is 31.5 Å². The number of para-hydroxylation sites is 1. The molecule has 3 aromatic rings. The van der Waals surface area contributed by atoms with Crippen molar-refractivity contribution < 1.29 is 9.84 Å². The predicted octanol–water partition coefficient (Wildman–Crippen LogP) is 3.98. The van der Waals surface area contributed by atoms with Gasteiger partial charge in [0.25, 0.3) is 0 Å². The fraction of sp³-hybridized carbons (Fsp3) is 0.118. The first kappa shape index (κ1) is 13.9. The van der Waals surface area contributed by atoms with Crippen LogP contribution in [0.15, 0.2) is 54.7 Å². The molecule has 1 heterocycles. The Morgan fingerprint density at radius 1 is 1.10 bits per heavy atom. The van der Waals surface area contributed by atoms with E-state index in [2.05, 4.69) is 4.98 Å². The summed E-state index contributed by atoms with van der Waals surface area (Å²) in [5.41, 5.74) is 2.19. The molecule has 3 nitrogen and oxygen atoms in total. The number of fused-ring (bicyclic) bond motifs is 1. The van der Waals surface area contributed by atoms with E-state index < -0.39 is 6.10 Å². The van der Waals surface area contributed by atoms with Crippen molar-refractivity contribution in [3.05, 3.63) is 70.9 Å². The molecule has 1 unspecified atom stereocenters. The summed E-state index contributed by atoms with van der Waals surface area (Å²) >= 11 is 5.97. The molecule has 1 aromatic heterocycles. The molecule has 21 heavy (non-hydrogen) atoms. The Hall–Kier alpha value is -2.10. The molecule has 1 N–H and O–H groups in total. The Morgan fingerprint density at radius 2 is 1.90 bits per heavy atom. The number of hydrogen-bond acceptors (Lipinski definition) is 3. The summed E-state index contributed by atoms with van der Waals surface area (Å²) in [4.78, 5) is 4.37. The van der Waals surface area contributed by atoms with Crippen LogP contribution in [0.4, 0.5) is 0 Å². The van der Waals surface area contributed by atoms with Gasteiger partial charge in [-0.1, -0.05) is 41.9 Å². The van der Waals surface area contributed by atoms with E-state index in [-0.39, 0.29) is 0 Å². The van der Waals surface area contributed by atoms with Gasteiger partial charge in [0.1, 0.15) is 11.9 Å². The van der Waals surface area contributed by atoms with E-state index in [4.69, 9.17) is 16.3 Å². The van der Waals surface area contributed by atoms with Gasteiger partial charge >= 0.3 is 0 Å². The van der Waals surface area contributed by atoms with Gasteiger partial charge in [0.05, 0.1) is 12.6 Å². The highest BCUT2D eigenvalue weighted by molar-refractivity contribution is 6.30. The van der Waals surface area contributed by atoms with Gasteiger partial charge in [-0.15, -0.1) is 0 Å². The number of pyridine rings is 1. The average Bonchev–Trinajstić information content (AvgIpc) is 2.53. The molecular formula is C17H14ClNO2. The first-order chi connectivity index (χ1) is 10.2. The van der Waals surface area contributed by atoms with Gasteiger partial charge in [-0.25, -0.2) is 0 Å². The van der Waals surface area contributed by atoms with Crippen molar-refractivity contribution in [1.29, 1.82) is 0 Å². The Morgan fingerprint density at radius 3 is 2.71 bits per heavy atom. The summed E-state index contributed by atoms with van der Waals surface area (Å²) in [7, 11) is 1.56. The number of benzene rings is 2. The van der Waals surface area contributed by atoms with Gasteiger partial charge in [-0.3, -0.25) is 4.98 Å². The van der Waals surface area contributed by atoms with Gasteiger partial charge < -0.3 is 9.84 Å². The molecule has 4 heteroatoms. The fourth-order valence-corrected chi connectivity index (χ4v) is 2.59. The number of aliphatic hydroxyl groups excluding tert-OH is 1. The van der Waals surface area contributed by atoms with Gasteiger partial charge in [0.15, 0.2) is 0 Å². The van der Waals surface area contributed by atoms with Crippen LogP contribution in [0, 0.1) is 0 Å². The van der Waals surface area contributed by atoms with Crippen LogP contribution in [0.25, 0.3) is 10.9 Å². The van der Waals surface area contributed by atoms with Crippen LogP contribution in [0.1, 0.15) is 17.2 Å². The molecule has 0 saturated carbocycles. The molecule has 2 aromatic carbocycles. The van der Waals surface area contributed by atoms with E-state index in [9.17, 15) is 5.11 Å². The molecule has 0 bridgehead atoms. The zero-order valence-corrected chi connectivity index (χ0v) is 12.2.